The van der Waals surface area contributed by atoms with E-state index in [-0.39, 0.29) is 11.5 Å². The van der Waals surface area contributed by atoms with Crippen LogP contribution in [-0.2, 0) is 17.9 Å². The smallest absolute Gasteiger partial charge is 0.320 e. The molecule has 0 aliphatic carbocycles. The molecule has 0 amide bonds. The average Bonchev–Trinajstić information content (AvgIpc) is 3.26. The van der Waals surface area contributed by atoms with E-state index in [9.17, 15) is 9.90 Å². The van der Waals surface area contributed by atoms with Gasteiger partial charge in [-0.05, 0) is 62.0 Å². The second-order valence-corrected chi connectivity index (χ2v) is 8.27. The zero-order chi connectivity index (χ0) is 18.9. The molecule has 1 spiro atoms. The molecule has 2 aromatic rings. The van der Waals surface area contributed by atoms with Crippen LogP contribution in [0.2, 0.25) is 0 Å². The van der Waals surface area contributed by atoms with Crippen LogP contribution in [0, 0.1) is 5.41 Å². The number of likely N-dealkylation sites (N-methyl/N-ethyl adjacent to an activating group) is 1. The van der Waals surface area contributed by atoms with Gasteiger partial charge in [0, 0.05) is 25.5 Å². The Kier molecular flexibility index (Phi) is 5.02. The quantitative estimate of drug-likeness (QED) is 0.877. The summed E-state index contributed by atoms with van der Waals surface area (Å²) < 4.78 is 1.94. The Labute approximate surface area is 160 Å². The predicted octanol–water partition coefficient (Wildman–Crippen LogP) is 2.30. The maximum atomic E-state index is 11.4. The zero-order valence-electron chi connectivity index (χ0n) is 15.9. The van der Waals surface area contributed by atoms with Gasteiger partial charge in [-0.2, -0.15) is 5.10 Å². The molecule has 1 aromatic heterocycles. The molecule has 0 radical (unpaired) electrons. The molecule has 2 saturated heterocycles. The van der Waals surface area contributed by atoms with E-state index in [2.05, 4.69) is 34.3 Å². The molecule has 3 heterocycles. The summed E-state index contributed by atoms with van der Waals surface area (Å²) in [6, 6.07) is 10.4. The van der Waals surface area contributed by atoms with E-state index in [1.807, 2.05) is 35.1 Å². The first-order valence-electron chi connectivity index (χ1n) is 9.74. The highest BCUT2D eigenvalue weighted by Crippen LogP contribution is 2.43. The van der Waals surface area contributed by atoms with Crippen LogP contribution in [0.3, 0.4) is 0 Å². The molecule has 1 N–H and O–H groups in total. The largest absolute Gasteiger partial charge is 0.480 e. The normalized spacial score (nSPS) is 23.1. The Morgan fingerprint density at radius 2 is 1.96 bits per heavy atom. The van der Waals surface area contributed by atoms with Gasteiger partial charge in [0.15, 0.2) is 0 Å². The summed E-state index contributed by atoms with van der Waals surface area (Å²) in [7, 11) is 1.95. The highest BCUT2D eigenvalue weighted by atomic mass is 16.4. The van der Waals surface area contributed by atoms with Gasteiger partial charge in [-0.3, -0.25) is 19.3 Å². The van der Waals surface area contributed by atoms with E-state index < -0.39 is 5.97 Å². The molecule has 4 rings (SSSR count). The molecule has 2 aliphatic heterocycles. The third-order valence-electron chi connectivity index (χ3n) is 6.25. The number of hydrogen-bond acceptors (Lipinski definition) is 4. The summed E-state index contributed by atoms with van der Waals surface area (Å²) in [5.74, 6) is -0.675. The predicted molar refractivity (Wildman–Crippen MR) is 103 cm³/mol. The number of carboxylic acids is 1. The minimum Gasteiger partial charge on any atom is -0.480 e. The van der Waals surface area contributed by atoms with Gasteiger partial charge in [-0.25, -0.2) is 0 Å². The molecule has 1 aromatic carbocycles. The second kappa shape index (κ2) is 7.44. The number of benzene rings is 1. The fourth-order valence-electron chi connectivity index (χ4n) is 4.76. The Hall–Kier alpha value is -2.18. The van der Waals surface area contributed by atoms with E-state index in [4.69, 9.17) is 0 Å². The van der Waals surface area contributed by atoms with Crippen LogP contribution >= 0.6 is 0 Å². The van der Waals surface area contributed by atoms with Crippen LogP contribution in [-0.4, -0.2) is 63.4 Å². The summed E-state index contributed by atoms with van der Waals surface area (Å²) in [4.78, 5) is 16.0. The van der Waals surface area contributed by atoms with Crippen molar-refractivity contribution >= 4 is 5.97 Å². The van der Waals surface area contributed by atoms with Crippen LogP contribution in [0.25, 0.3) is 0 Å². The van der Waals surface area contributed by atoms with Gasteiger partial charge in [0.1, 0.15) is 6.04 Å². The highest BCUT2D eigenvalue weighted by Gasteiger charge is 2.46. The fourth-order valence-corrected chi connectivity index (χ4v) is 4.76. The molecule has 6 heteroatoms. The van der Waals surface area contributed by atoms with Crippen molar-refractivity contribution in [1.82, 2.24) is 19.6 Å². The molecule has 2 fully saturated rings. The van der Waals surface area contributed by atoms with Gasteiger partial charge < -0.3 is 5.11 Å². The highest BCUT2D eigenvalue weighted by molar-refractivity contribution is 5.74. The number of hydrogen-bond donors (Lipinski definition) is 1. The molecule has 0 bridgehead atoms. The topological polar surface area (TPSA) is 61.6 Å². The van der Waals surface area contributed by atoms with E-state index in [0.717, 1.165) is 52.0 Å². The van der Waals surface area contributed by atoms with Crippen LogP contribution in [0.1, 0.15) is 30.4 Å². The van der Waals surface area contributed by atoms with Crippen molar-refractivity contribution in [2.75, 3.05) is 26.7 Å². The lowest BCUT2D eigenvalue weighted by atomic mass is 9.76. The molecule has 144 valence electrons. The van der Waals surface area contributed by atoms with Gasteiger partial charge in [0.2, 0.25) is 0 Å². The van der Waals surface area contributed by atoms with Gasteiger partial charge >= 0.3 is 5.97 Å². The number of aliphatic carboxylic acids is 1. The lowest BCUT2D eigenvalue weighted by molar-refractivity contribution is -0.141. The molecule has 27 heavy (non-hydrogen) atoms. The number of piperidine rings is 1. The minimum absolute atomic E-state index is 0.191. The fraction of sp³-hybridized carbons (Fsp3) is 0.524. The lowest BCUT2D eigenvalue weighted by Crippen LogP contribution is -2.40. The molecule has 0 unspecified atom stereocenters. The van der Waals surface area contributed by atoms with Crippen LogP contribution in [0.4, 0.5) is 0 Å². The van der Waals surface area contributed by atoms with E-state index in [0.29, 0.717) is 0 Å². The number of aromatic nitrogens is 2. The van der Waals surface area contributed by atoms with Crippen LogP contribution in [0.5, 0.6) is 0 Å². The van der Waals surface area contributed by atoms with E-state index >= 15 is 0 Å². The zero-order valence-corrected chi connectivity index (χ0v) is 15.9. The monoisotopic (exact) mass is 368 g/mol. The first-order valence-corrected chi connectivity index (χ1v) is 9.74. The first-order chi connectivity index (χ1) is 13.0. The summed E-state index contributed by atoms with van der Waals surface area (Å²) in [5, 5.41) is 13.7. The molecule has 1 atom stereocenters. The molecular formula is C21H28N4O2. The summed E-state index contributed by atoms with van der Waals surface area (Å²) >= 11 is 0. The molecular weight excluding hydrogens is 340 g/mol. The van der Waals surface area contributed by atoms with E-state index in [1.54, 1.807) is 0 Å². The standard InChI is InChI=1S/C21H28N4O2/c1-23-16-21(13-19(23)20(26)27)6-10-24(11-7-21)14-17-4-2-5-18(12-17)15-25-9-3-8-22-25/h2-5,8-9,12,19H,6-7,10-11,13-16H2,1H3,(H,26,27)/t19-/m0/s1. The maximum absolute atomic E-state index is 11.4. The number of rotatable bonds is 5. The Balaban J connectivity index is 1.34. The SMILES string of the molecule is CN1CC2(CCN(Cc3cccc(Cn4cccn4)c3)CC2)C[C@H]1C(=O)O. The van der Waals surface area contributed by atoms with Crippen LogP contribution < -0.4 is 0 Å². The Morgan fingerprint density at radius 1 is 1.22 bits per heavy atom. The van der Waals surface area contributed by atoms with Crippen molar-refractivity contribution in [3.05, 3.63) is 53.9 Å². The number of likely N-dealkylation sites (tertiary alicyclic amines) is 2. The average molecular weight is 368 g/mol. The summed E-state index contributed by atoms with van der Waals surface area (Å²) in [5.41, 5.74) is 2.80. The summed E-state index contributed by atoms with van der Waals surface area (Å²) in [6.45, 7) is 4.76. The lowest BCUT2D eigenvalue weighted by Gasteiger charge is -2.39. The van der Waals surface area contributed by atoms with Gasteiger partial charge in [-0.1, -0.05) is 24.3 Å². The minimum atomic E-state index is -0.675. The molecule has 2 aliphatic rings. The van der Waals surface area contributed by atoms with Gasteiger partial charge in [0.25, 0.3) is 0 Å². The Morgan fingerprint density at radius 3 is 2.59 bits per heavy atom. The van der Waals surface area contributed by atoms with Crippen LogP contribution in [0.15, 0.2) is 42.7 Å². The molecule has 6 nitrogen and oxygen atoms in total. The Bertz CT molecular complexity index is 781. The number of carboxylic acid groups (broad SMARTS) is 1. The van der Waals surface area contributed by atoms with Crippen molar-refractivity contribution < 1.29 is 9.90 Å². The number of carbonyl (C=O) groups is 1. The molecule has 0 saturated carbocycles. The first kappa shape index (κ1) is 18.2. The number of nitrogens with zero attached hydrogens (tertiary/aromatic N) is 4. The maximum Gasteiger partial charge on any atom is 0.320 e. The summed E-state index contributed by atoms with van der Waals surface area (Å²) in [6.07, 6.45) is 6.77. The van der Waals surface area contributed by atoms with Crippen molar-refractivity contribution in [1.29, 1.82) is 0 Å². The third kappa shape index (κ3) is 4.06. The second-order valence-electron chi connectivity index (χ2n) is 8.27. The van der Waals surface area contributed by atoms with Gasteiger partial charge in [-0.15, -0.1) is 0 Å². The van der Waals surface area contributed by atoms with Crippen molar-refractivity contribution in [3.8, 4) is 0 Å². The van der Waals surface area contributed by atoms with Gasteiger partial charge in [0.05, 0.1) is 6.54 Å². The van der Waals surface area contributed by atoms with Crippen molar-refractivity contribution in [2.24, 2.45) is 5.41 Å². The third-order valence-corrected chi connectivity index (χ3v) is 6.25. The van der Waals surface area contributed by atoms with Crippen molar-refractivity contribution in [2.45, 2.75) is 38.4 Å². The van der Waals surface area contributed by atoms with Crippen molar-refractivity contribution in [3.63, 3.8) is 0 Å². The van der Waals surface area contributed by atoms with E-state index in [1.165, 1.54) is 11.1 Å².